The van der Waals surface area contributed by atoms with Crippen molar-refractivity contribution in [2.75, 3.05) is 11.1 Å². The number of unbranched alkanes of at least 4 members (excludes halogenated alkanes) is 1. The van der Waals surface area contributed by atoms with Crippen LogP contribution in [0, 0.1) is 11.6 Å². The predicted molar refractivity (Wildman–Crippen MR) is 133 cm³/mol. The van der Waals surface area contributed by atoms with E-state index in [0.717, 1.165) is 36.6 Å². The van der Waals surface area contributed by atoms with Crippen molar-refractivity contribution in [2.45, 2.75) is 93.7 Å². The van der Waals surface area contributed by atoms with Gasteiger partial charge in [0.25, 0.3) is 0 Å². The van der Waals surface area contributed by atoms with Gasteiger partial charge in [-0.25, -0.2) is 23.4 Å². The van der Waals surface area contributed by atoms with Crippen LogP contribution in [0.15, 0.2) is 23.4 Å². The van der Waals surface area contributed by atoms with Gasteiger partial charge in [0.15, 0.2) is 39.6 Å². The van der Waals surface area contributed by atoms with E-state index in [0.29, 0.717) is 28.6 Å². The summed E-state index contributed by atoms with van der Waals surface area (Å²) in [5, 5.41) is 23.5. The summed E-state index contributed by atoms with van der Waals surface area (Å²) >= 11 is 1.57. The predicted octanol–water partition coefficient (Wildman–Crippen LogP) is 4.19. The molecule has 2 saturated carbocycles. The fourth-order valence-corrected chi connectivity index (χ4v) is 6.24. The van der Waals surface area contributed by atoms with Gasteiger partial charge in [0.2, 0.25) is 0 Å². The van der Waals surface area contributed by atoms with Gasteiger partial charge in [-0.2, -0.15) is 0 Å². The van der Waals surface area contributed by atoms with E-state index in [-0.39, 0.29) is 24.1 Å². The molecule has 1 aromatic carbocycles. The van der Waals surface area contributed by atoms with Gasteiger partial charge in [0.1, 0.15) is 12.2 Å². The maximum Gasteiger partial charge on any atom is 0.191 e. The molecule has 2 N–H and O–H groups in total. The monoisotopic (exact) mass is 532 g/mol. The molecule has 0 amide bonds. The highest BCUT2D eigenvalue weighted by Crippen LogP contribution is 2.46. The van der Waals surface area contributed by atoms with Gasteiger partial charge in [0, 0.05) is 24.1 Å². The van der Waals surface area contributed by atoms with E-state index in [9.17, 15) is 13.9 Å². The van der Waals surface area contributed by atoms with Crippen molar-refractivity contribution in [3.8, 4) is 0 Å². The zero-order valence-corrected chi connectivity index (χ0v) is 21.7. The number of hydrogen-bond acceptors (Lipinski definition) is 9. The van der Waals surface area contributed by atoms with Crippen LogP contribution >= 0.6 is 11.8 Å². The van der Waals surface area contributed by atoms with Gasteiger partial charge in [-0.05, 0) is 44.4 Å². The lowest BCUT2D eigenvalue weighted by atomic mass is 10.1. The van der Waals surface area contributed by atoms with Gasteiger partial charge in [-0.1, -0.05) is 36.4 Å². The normalized spacial score (nSPS) is 30.1. The number of thioether (sulfide) groups is 1. The molecule has 6 rings (SSSR count). The van der Waals surface area contributed by atoms with Crippen LogP contribution in [0.5, 0.6) is 0 Å². The first-order chi connectivity index (χ1) is 17.7. The Bertz CT molecular complexity index is 1320. The number of aromatic nitrogens is 5. The van der Waals surface area contributed by atoms with Crippen molar-refractivity contribution in [2.24, 2.45) is 0 Å². The Morgan fingerprint density at radius 1 is 1.16 bits per heavy atom. The molecule has 37 heavy (non-hydrogen) atoms. The summed E-state index contributed by atoms with van der Waals surface area (Å²) in [5.41, 5.74) is 1.83. The molecule has 0 bridgehead atoms. The third kappa shape index (κ3) is 4.68. The molecular formula is C25H30F2N6O3S. The molecule has 12 heteroatoms. The molecular weight excluding hydrogens is 502 g/mol. The number of halogens is 2. The SMILES string of the molecule is CCCCSc1nc(NC2CC2c2ccc(F)c(F)c2)c2nnn(C3CC(O)C4OC(C)(C)OC43)c2n1. The van der Waals surface area contributed by atoms with Gasteiger partial charge in [-0.15, -0.1) is 5.10 Å². The van der Waals surface area contributed by atoms with E-state index in [1.165, 1.54) is 6.07 Å². The number of rotatable bonds is 8. The summed E-state index contributed by atoms with van der Waals surface area (Å²) in [7, 11) is 0. The summed E-state index contributed by atoms with van der Waals surface area (Å²) < 4.78 is 41.0. The molecule has 6 atom stereocenters. The fraction of sp³-hybridized carbons (Fsp3) is 0.600. The van der Waals surface area contributed by atoms with Gasteiger partial charge in [-0.3, -0.25) is 0 Å². The Morgan fingerprint density at radius 2 is 1.97 bits per heavy atom. The second kappa shape index (κ2) is 9.40. The number of hydrogen-bond donors (Lipinski definition) is 2. The van der Waals surface area contributed by atoms with E-state index in [2.05, 4.69) is 22.6 Å². The van der Waals surface area contributed by atoms with Crippen LogP contribution in [0.4, 0.5) is 14.6 Å². The summed E-state index contributed by atoms with van der Waals surface area (Å²) in [6.07, 6.45) is 1.77. The standard InChI is InChI=1S/C25H30F2N6O3S/c1-4-5-8-37-24-29-22(28-16-10-13(16)12-6-7-14(26)15(27)9-12)19-23(30-24)33(32-31-19)17-11-18(34)21-20(17)35-25(2,3)36-21/h6-7,9,13,16-18,20-21,34H,4-5,8,10-11H2,1-3H3,(H,28,29,30). The van der Waals surface area contributed by atoms with Crippen LogP contribution in [0.25, 0.3) is 11.2 Å². The second-order valence-corrected chi connectivity index (χ2v) is 11.5. The third-order valence-electron chi connectivity index (χ3n) is 7.24. The van der Waals surface area contributed by atoms with Gasteiger partial charge < -0.3 is 19.9 Å². The lowest BCUT2D eigenvalue weighted by Crippen LogP contribution is -2.29. The molecule has 3 fully saturated rings. The van der Waals surface area contributed by atoms with Crippen molar-refractivity contribution in [3.63, 3.8) is 0 Å². The zero-order chi connectivity index (χ0) is 25.9. The third-order valence-corrected chi connectivity index (χ3v) is 8.17. The summed E-state index contributed by atoms with van der Waals surface area (Å²) in [5.74, 6) is -1.01. The lowest BCUT2D eigenvalue weighted by molar-refractivity contribution is -0.165. The first-order valence-electron chi connectivity index (χ1n) is 12.7. The minimum absolute atomic E-state index is 0.00616. The van der Waals surface area contributed by atoms with E-state index >= 15 is 0 Å². The van der Waals surface area contributed by atoms with E-state index in [1.807, 2.05) is 13.8 Å². The van der Waals surface area contributed by atoms with Gasteiger partial charge in [0.05, 0.1) is 12.1 Å². The average Bonchev–Trinajstić information content (AvgIpc) is 3.21. The second-order valence-electron chi connectivity index (χ2n) is 10.5. The zero-order valence-electron chi connectivity index (χ0n) is 20.9. The Kier molecular flexibility index (Phi) is 6.33. The topological polar surface area (TPSA) is 107 Å². The molecule has 3 aliphatic rings. The maximum absolute atomic E-state index is 13.8. The molecule has 3 heterocycles. The molecule has 9 nitrogen and oxygen atoms in total. The molecule has 1 aliphatic heterocycles. The Hall–Kier alpha value is -2.41. The Labute approximate surface area is 217 Å². The highest BCUT2D eigenvalue weighted by molar-refractivity contribution is 7.99. The largest absolute Gasteiger partial charge is 0.390 e. The fourth-order valence-electron chi connectivity index (χ4n) is 5.32. The minimum Gasteiger partial charge on any atom is -0.390 e. The van der Waals surface area contributed by atoms with Crippen molar-refractivity contribution < 1.29 is 23.4 Å². The maximum atomic E-state index is 13.8. The molecule has 2 aromatic heterocycles. The smallest absolute Gasteiger partial charge is 0.191 e. The Morgan fingerprint density at radius 3 is 2.76 bits per heavy atom. The molecule has 2 aliphatic carbocycles. The number of aliphatic hydroxyl groups excluding tert-OH is 1. The molecule has 0 radical (unpaired) electrons. The number of fused-ring (bicyclic) bond motifs is 2. The van der Waals surface area contributed by atoms with Crippen LogP contribution in [0.3, 0.4) is 0 Å². The number of nitrogens with one attached hydrogen (secondary N) is 1. The summed E-state index contributed by atoms with van der Waals surface area (Å²) in [4.78, 5) is 9.54. The first kappa shape index (κ1) is 24.9. The van der Waals surface area contributed by atoms with Crippen LogP contribution in [0.2, 0.25) is 0 Å². The minimum atomic E-state index is -0.851. The van der Waals surface area contributed by atoms with Crippen molar-refractivity contribution in [3.05, 3.63) is 35.4 Å². The first-order valence-corrected chi connectivity index (χ1v) is 13.7. The quantitative estimate of drug-likeness (QED) is 0.251. The number of ether oxygens (including phenoxy) is 2. The molecule has 0 spiro atoms. The lowest BCUT2D eigenvalue weighted by Gasteiger charge is -2.22. The van der Waals surface area contributed by atoms with Crippen LogP contribution < -0.4 is 5.32 Å². The summed E-state index contributed by atoms with van der Waals surface area (Å²) in [6.45, 7) is 5.80. The number of benzene rings is 1. The Balaban J connectivity index is 1.31. The molecule has 6 unspecified atom stereocenters. The van der Waals surface area contributed by atoms with Crippen LogP contribution in [-0.4, -0.2) is 66.0 Å². The molecule has 198 valence electrons. The molecule has 1 saturated heterocycles. The highest BCUT2D eigenvalue weighted by atomic mass is 32.2. The molecule has 3 aromatic rings. The van der Waals surface area contributed by atoms with Crippen molar-refractivity contribution in [1.29, 1.82) is 0 Å². The highest BCUT2D eigenvalue weighted by Gasteiger charge is 2.55. The van der Waals surface area contributed by atoms with E-state index in [4.69, 9.17) is 19.4 Å². The van der Waals surface area contributed by atoms with E-state index < -0.39 is 29.6 Å². The number of aliphatic hydroxyl groups is 1. The van der Waals surface area contributed by atoms with Gasteiger partial charge >= 0.3 is 0 Å². The van der Waals surface area contributed by atoms with Crippen LogP contribution in [0.1, 0.15) is 64.0 Å². The summed E-state index contributed by atoms with van der Waals surface area (Å²) in [6, 6.07) is 3.75. The number of anilines is 1. The average molecular weight is 533 g/mol. The van der Waals surface area contributed by atoms with Crippen LogP contribution in [-0.2, 0) is 9.47 Å². The van der Waals surface area contributed by atoms with Crippen molar-refractivity contribution in [1.82, 2.24) is 25.0 Å². The van der Waals surface area contributed by atoms with E-state index in [1.54, 1.807) is 22.5 Å². The van der Waals surface area contributed by atoms with Crippen molar-refractivity contribution >= 4 is 28.7 Å². The number of nitrogens with zero attached hydrogens (tertiary/aromatic N) is 5.